The molecular formula is C23H20N2O2. The van der Waals surface area contributed by atoms with E-state index in [4.69, 9.17) is 0 Å². The third-order valence-corrected chi connectivity index (χ3v) is 4.79. The number of aromatic nitrogens is 2. The monoisotopic (exact) mass is 356 g/mol. The van der Waals surface area contributed by atoms with Gasteiger partial charge >= 0.3 is 0 Å². The first-order valence-corrected chi connectivity index (χ1v) is 8.90. The number of benzene rings is 2. The highest BCUT2D eigenvalue weighted by molar-refractivity contribution is 5.86. The minimum absolute atomic E-state index is 0.154. The fraction of sp³-hybridized carbons (Fsp3) is 0.130. The Balaban J connectivity index is 1.87. The second kappa shape index (κ2) is 7.08. The lowest BCUT2D eigenvalue weighted by atomic mass is 9.86. The van der Waals surface area contributed by atoms with Gasteiger partial charge in [0.15, 0.2) is 0 Å². The maximum atomic E-state index is 11.0. The van der Waals surface area contributed by atoms with E-state index in [1.807, 2.05) is 61.5 Å². The molecule has 0 fully saturated rings. The predicted octanol–water partition coefficient (Wildman–Crippen LogP) is 4.72. The number of pyridine rings is 2. The summed E-state index contributed by atoms with van der Waals surface area (Å²) in [6, 6.07) is 20.8. The number of aryl methyl sites for hydroxylation is 1. The average Bonchev–Trinajstić information content (AvgIpc) is 2.68. The van der Waals surface area contributed by atoms with Crippen LogP contribution in [0.25, 0.3) is 10.9 Å². The van der Waals surface area contributed by atoms with Crippen molar-refractivity contribution in [2.24, 2.45) is 0 Å². The number of hydrogen-bond donors (Lipinski definition) is 2. The molecule has 0 amide bonds. The third-order valence-electron chi connectivity index (χ3n) is 4.79. The van der Waals surface area contributed by atoms with Gasteiger partial charge in [0, 0.05) is 40.9 Å². The molecule has 1 atom stereocenters. The van der Waals surface area contributed by atoms with Gasteiger partial charge in [0.05, 0.1) is 0 Å². The number of phenols is 2. The zero-order valence-electron chi connectivity index (χ0n) is 15.0. The predicted molar refractivity (Wildman–Crippen MR) is 106 cm³/mol. The van der Waals surface area contributed by atoms with Crippen LogP contribution < -0.4 is 0 Å². The van der Waals surface area contributed by atoms with Gasteiger partial charge in [-0.3, -0.25) is 4.98 Å². The summed E-state index contributed by atoms with van der Waals surface area (Å²) in [5, 5.41) is 21.9. The van der Waals surface area contributed by atoms with Crippen LogP contribution in [0.15, 0.2) is 72.9 Å². The number of aromatic hydroxyl groups is 2. The quantitative estimate of drug-likeness (QED) is 0.555. The summed E-state index contributed by atoms with van der Waals surface area (Å²) in [5.74, 6) is 0.229. The Kier molecular flexibility index (Phi) is 4.47. The highest BCUT2D eigenvalue weighted by Crippen LogP contribution is 2.38. The molecular weight excluding hydrogens is 336 g/mol. The number of rotatable bonds is 4. The van der Waals surface area contributed by atoms with Crippen molar-refractivity contribution in [3.05, 3.63) is 95.4 Å². The highest BCUT2D eigenvalue weighted by atomic mass is 16.3. The first-order valence-electron chi connectivity index (χ1n) is 8.90. The summed E-state index contributed by atoms with van der Waals surface area (Å²) >= 11 is 0. The van der Waals surface area contributed by atoms with E-state index >= 15 is 0 Å². The second-order valence-electron chi connectivity index (χ2n) is 6.70. The van der Waals surface area contributed by atoms with Crippen LogP contribution in [0.4, 0.5) is 0 Å². The van der Waals surface area contributed by atoms with Gasteiger partial charge in [-0.05, 0) is 42.8 Å². The fourth-order valence-electron chi connectivity index (χ4n) is 3.44. The molecule has 0 aliphatic heterocycles. The van der Waals surface area contributed by atoms with Crippen molar-refractivity contribution in [1.29, 1.82) is 0 Å². The molecule has 0 saturated heterocycles. The molecule has 4 rings (SSSR count). The van der Waals surface area contributed by atoms with Crippen molar-refractivity contribution >= 4 is 10.9 Å². The Bertz CT molecular complexity index is 1090. The Morgan fingerprint density at radius 1 is 0.926 bits per heavy atom. The number of hydrogen-bond acceptors (Lipinski definition) is 4. The van der Waals surface area contributed by atoms with Gasteiger partial charge in [0.25, 0.3) is 0 Å². The molecule has 4 heteroatoms. The molecule has 4 nitrogen and oxygen atoms in total. The lowest BCUT2D eigenvalue weighted by molar-refractivity contribution is 0.466. The summed E-state index contributed by atoms with van der Waals surface area (Å²) in [4.78, 5) is 8.96. The number of phenolic OH excluding ortho intramolecular Hbond substituents is 2. The molecule has 0 bridgehead atoms. The first kappa shape index (κ1) is 17.0. The van der Waals surface area contributed by atoms with Crippen molar-refractivity contribution < 1.29 is 10.2 Å². The van der Waals surface area contributed by atoms with E-state index in [-0.39, 0.29) is 17.4 Å². The van der Waals surface area contributed by atoms with E-state index in [1.54, 1.807) is 18.3 Å². The van der Waals surface area contributed by atoms with Crippen molar-refractivity contribution in [2.75, 3.05) is 0 Å². The van der Waals surface area contributed by atoms with Gasteiger partial charge in [0.1, 0.15) is 17.0 Å². The molecule has 4 aromatic rings. The minimum atomic E-state index is -0.154. The van der Waals surface area contributed by atoms with Crippen LogP contribution in [0.1, 0.15) is 28.4 Å². The summed E-state index contributed by atoms with van der Waals surface area (Å²) in [5.41, 5.74) is 4.06. The van der Waals surface area contributed by atoms with Crippen LogP contribution in [0, 0.1) is 6.92 Å². The van der Waals surface area contributed by atoms with Gasteiger partial charge in [-0.25, -0.2) is 4.98 Å². The van der Waals surface area contributed by atoms with Crippen molar-refractivity contribution in [2.45, 2.75) is 19.3 Å². The van der Waals surface area contributed by atoms with Gasteiger partial charge in [-0.15, -0.1) is 0 Å². The Morgan fingerprint density at radius 2 is 1.78 bits per heavy atom. The van der Waals surface area contributed by atoms with E-state index in [9.17, 15) is 10.2 Å². The molecule has 27 heavy (non-hydrogen) atoms. The van der Waals surface area contributed by atoms with Gasteiger partial charge < -0.3 is 10.2 Å². The van der Waals surface area contributed by atoms with E-state index in [0.29, 0.717) is 11.9 Å². The van der Waals surface area contributed by atoms with Crippen LogP contribution in [0.3, 0.4) is 0 Å². The molecule has 0 aliphatic rings. The maximum absolute atomic E-state index is 11.0. The Labute approximate surface area is 157 Å². The van der Waals surface area contributed by atoms with Crippen LogP contribution in [0.5, 0.6) is 11.5 Å². The number of fused-ring (bicyclic) bond motifs is 1. The summed E-state index contributed by atoms with van der Waals surface area (Å²) < 4.78 is 0. The average molecular weight is 356 g/mol. The molecule has 0 saturated carbocycles. The lowest BCUT2D eigenvalue weighted by Crippen LogP contribution is -2.07. The second-order valence-corrected chi connectivity index (χ2v) is 6.70. The molecule has 134 valence electrons. The van der Waals surface area contributed by atoms with Gasteiger partial charge in [0.2, 0.25) is 0 Å². The molecule has 0 aliphatic carbocycles. The van der Waals surface area contributed by atoms with Gasteiger partial charge in [-0.1, -0.05) is 36.4 Å². The highest BCUT2D eigenvalue weighted by Gasteiger charge is 2.21. The van der Waals surface area contributed by atoms with E-state index in [1.165, 1.54) is 0 Å². The van der Waals surface area contributed by atoms with E-state index in [0.717, 1.165) is 27.9 Å². The van der Waals surface area contributed by atoms with E-state index in [2.05, 4.69) is 9.97 Å². The maximum Gasteiger partial charge on any atom is 0.145 e. The number of nitrogens with zero attached hydrogens (tertiary/aromatic N) is 2. The van der Waals surface area contributed by atoms with Crippen LogP contribution in [0.2, 0.25) is 0 Å². The van der Waals surface area contributed by atoms with Crippen LogP contribution in [-0.4, -0.2) is 20.2 Å². The standard InChI is InChI=1S/C23H20N2O2/c1-15-8-9-16-10-11-20(23(27)22(16)25-15)21(14-18-6-2-3-12-24-18)17-5-4-7-19(26)13-17/h2-13,21,26-27H,14H2,1H3. The van der Waals surface area contributed by atoms with Gasteiger partial charge in [-0.2, -0.15) is 0 Å². The van der Waals surface area contributed by atoms with Crippen LogP contribution >= 0.6 is 0 Å². The Morgan fingerprint density at radius 3 is 2.56 bits per heavy atom. The van der Waals surface area contributed by atoms with Crippen molar-refractivity contribution in [3.63, 3.8) is 0 Å². The fourth-order valence-corrected chi connectivity index (χ4v) is 3.44. The summed E-state index contributed by atoms with van der Waals surface area (Å²) in [6.45, 7) is 1.91. The van der Waals surface area contributed by atoms with Crippen molar-refractivity contribution in [3.8, 4) is 11.5 Å². The first-order chi connectivity index (χ1) is 13.1. The lowest BCUT2D eigenvalue weighted by Gasteiger charge is -2.20. The molecule has 0 radical (unpaired) electrons. The largest absolute Gasteiger partial charge is 0.508 e. The van der Waals surface area contributed by atoms with E-state index < -0.39 is 0 Å². The SMILES string of the molecule is Cc1ccc2ccc(C(Cc3ccccn3)c3cccc(O)c3)c(O)c2n1. The molecule has 0 spiro atoms. The zero-order valence-corrected chi connectivity index (χ0v) is 15.0. The summed E-state index contributed by atoms with van der Waals surface area (Å²) in [6.07, 6.45) is 2.37. The molecule has 2 heterocycles. The normalized spacial score (nSPS) is 12.2. The van der Waals surface area contributed by atoms with Crippen LogP contribution in [-0.2, 0) is 6.42 Å². The smallest absolute Gasteiger partial charge is 0.145 e. The molecule has 2 aromatic carbocycles. The van der Waals surface area contributed by atoms with Crippen molar-refractivity contribution in [1.82, 2.24) is 9.97 Å². The summed E-state index contributed by atoms with van der Waals surface area (Å²) in [7, 11) is 0. The molecule has 2 N–H and O–H groups in total. The zero-order chi connectivity index (χ0) is 18.8. The molecule has 1 unspecified atom stereocenters. The topological polar surface area (TPSA) is 66.2 Å². The minimum Gasteiger partial charge on any atom is -0.508 e. The Hall–Kier alpha value is -3.40. The third kappa shape index (κ3) is 3.47. The molecule has 2 aromatic heterocycles.